The SMILES string of the molecule is CC(c1ccc(O)c(C(F)(F)F)c1)(c1ccc(O)c(C(F)(F)F)c1)c1cccc2ccccc12. The quantitative estimate of drug-likeness (QED) is 0.236. The highest BCUT2D eigenvalue weighted by molar-refractivity contribution is 5.88. The van der Waals surface area contributed by atoms with Crippen LogP contribution in [-0.4, -0.2) is 10.2 Å². The van der Waals surface area contributed by atoms with E-state index in [0.717, 1.165) is 29.7 Å². The normalized spacial score (nSPS) is 12.8. The third-order valence-corrected chi connectivity index (χ3v) is 6.09. The summed E-state index contributed by atoms with van der Waals surface area (Å²) >= 11 is 0. The van der Waals surface area contributed by atoms with Crippen LogP contribution in [-0.2, 0) is 17.8 Å². The molecule has 2 N–H and O–H groups in total. The summed E-state index contributed by atoms with van der Waals surface area (Å²) in [7, 11) is 0. The standard InChI is InChI=1S/C26H18F6O2/c1-24(16-9-11-22(33)20(13-16)25(27,28)29,17-10-12-23(34)21(14-17)26(30,31)32)19-8-4-6-15-5-2-3-7-18(15)19/h2-14,33-34H,1H3. The van der Waals surface area contributed by atoms with Crippen LogP contribution in [0.5, 0.6) is 11.5 Å². The van der Waals surface area contributed by atoms with Crippen molar-refractivity contribution in [3.63, 3.8) is 0 Å². The Morgan fingerprint density at radius 1 is 0.559 bits per heavy atom. The van der Waals surface area contributed by atoms with Crippen molar-refractivity contribution in [2.45, 2.75) is 24.7 Å². The Labute approximate surface area is 190 Å². The minimum absolute atomic E-state index is 0.0211. The lowest BCUT2D eigenvalue weighted by atomic mass is 9.69. The number of benzene rings is 4. The molecule has 0 aliphatic carbocycles. The Kier molecular flexibility index (Phi) is 5.50. The van der Waals surface area contributed by atoms with Gasteiger partial charge in [-0.2, -0.15) is 26.3 Å². The summed E-state index contributed by atoms with van der Waals surface area (Å²) in [6.07, 6.45) is -9.77. The molecule has 0 aromatic heterocycles. The summed E-state index contributed by atoms with van der Waals surface area (Å²) in [6, 6.07) is 17.9. The van der Waals surface area contributed by atoms with Crippen LogP contribution in [0, 0.1) is 0 Å². The molecule has 0 aliphatic heterocycles. The van der Waals surface area contributed by atoms with Gasteiger partial charge in [0, 0.05) is 5.41 Å². The van der Waals surface area contributed by atoms with E-state index in [0.29, 0.717) is 10.9 Å². The first-order valence-electron chi connectivity index (χ1n) is 10.1. The largest absolute Gasteiger partial charge is 0.507 e. The van der Waals surface area contributed by atoms with E-state index in [-0.39, 0.29) is 11.1 Å². The Hall–Kier alpha value is -3.68. The summed E-state index contributed by atoms with van der Waals surface area (Å²) in [5.41, 5.74) is -3.61. The van der Waals surface area contributed by atoms with Gasteiger partial charge >= 0.3 is 12.4 Å². The maximum absolute atomic E-state index is 13.6. The van der Waals surface area contributed by atoms with E-state index in [1.807, 2.05) is 0 Å². The summed E-state index contributed by atoms with van der Waals surface area (Å²) < 4.78 is 81.6. The van der Waals surface area contributed by atoms with E-state index in [1.54, 1.807) is 42.5 Å². The van der Waals surface area contributed by atoms with Gasteiger partial charge in [-0.1, -0.05) is 54.6 Å². The van der Waals surface area contributed by atoms with Crippen LogP contribution in [0.2, 0.25) is 0 Å². The van der Waals surface area contributed by atoms with E-state index in [9.17, 15) is 36.6 Å². The van der Waals surface area contributed by atoms with Gasteiger partial charge < -0.3 is 10.2 Å². The van der Waals surface area contributed by atoms with Crippen molar-refractivity contribution in [2.24, 2.45) is 0 Å². The number of phenolic OH excluding ortho intramolecular Hbond substituents is 2. The molecule has 8 heteroatoms. The van der Waals surface area contributed by atoms with E-state index in [1.165, 1.54) is 19.1 Å². The summed E-state index contributed by atoms with van der Waals surface area (Å²) in [5.74, 6) is -1.98. The summed E-state index contributed by atoms with van der Waals surface area (Å²) in [6.45, 7) is 1.52. The van der Waals surface area contributed by atoms with Gasteiger partial charge in [0.2, 0.25) is 0 Å². The van der Waals surface area contributed by atoms with Crippen LogP contribution < -0.4 is 0 Å². The molecule has 0 heterocycles. The second kappa shape index (κ2) is 7.97. The van der Waals surface area contributed by atoms with E-state index >= 15 is 0 Å². The van der Waals surface area contributed by atoms with Crippen LogP contribution in [0.4, 0.5) is 26.3 Å². The number of hydrogen-bond donors (Lipinski definition) is 2. The van der Waals surface area contributed by atoms with E-state index < -0.39 is 40.4 Å². The lowest BCUT2D eigenvalue weighted by Gasteiger charge is -2.34. The molecule has 34 heavy (non-hydrogen) atoms. The lowest BCUT2D eigenvalue weighted by Crippen LogP contribution is -2.27. The molecule has 0 bridgehead atoms. The van der Waals surface area contributed by atoms with Gasteiger partial charge in [-0.25, -0.2) is 0 Å². The fourth-order valence-corrected chi connectivity index (χ4v) is 4.29. The second-order valence-corrected chi connectivity index (χ2v) is 8.11. The molecule has 0 amide bonds. The minimum Gasteiger partial charge on any atom is -0.507 e. The van der Waals surface area contributed by atoms with Crippen molar-refractivity contribution in [3.05, 3.63) is 107 Å². The zero-order valence-corrected chi connectivity index (χ0v) is 17.7. The third kappa shape index (κ3) is 3.93. The van der Waals surface area contributed by atoms with Crippen molar-refractivity contribution < 1.29 is 36.6 Å². The van der Waals surface area contributed by atoms with Crippen molar-refractivity contribution in [1.29, 1.82) is 0 Å². The average Bonchev–Trinajstić information content (AvgIpc) is 2.77. The molecule has 0 fully saturated rings. The predicted octanol–water partition coefficient (Wildman–Crippen LogP) is 7.64. The van der Waals surface area contributed by atoms with Gasteiger partial charge in [-0.3, -0.25) is 0 Å². The predicted molar refractivity (Wildman–Crippen MR) is 116 cm³/mol. The fraction of sp³-hybridized carbons (Fsp3) is 0.154. The van der Waals surface area contributed by atoms with Crippen LogP contribution in [0.15, 0.2) is 78.9 Å². The van der Waals surface area contributed by atoms with Crippen LogP contribution in [0.25, 0.3) is 10.8 Å². The van der Waals surface area contributed by atoms with Gasteiger partial charge in [0.1, 0.15) is 11.5 Å². The fourth-order valence-electron chi connectivity index (χ4n) is 4.29. The van der Waals surface area contributed by atoms with Gasteiger partial charge in [0.05, 0.1) is 11.1 Å². The molecular weight excluding hydrogens is 458 g/mol. The highest BCUT2D eigenvalue weighted by atomic mass is 19.4. The summed E-state index contributed by atoms with van der Waals surface area (Å²) in [5, 5.41) is 21.1. The van der Waals surface area contributed by atoms with E-state index in [4.69, 9.17) is 0 Å². The molecular formula is C26H18F6O2. The second-order valence-electron chi connectivity index (χ2n) is 8.11. The molecule has 176 valence electrons. The number of aromatic hydroxyl groups is 2. The number of phenols is 2. The van der Waals surface area contributed by atoms with Crippen molar-refractivity contribution in [1.82, 2.24) is 0 Å². The van der Waals surface area contributed by atoms with Crippen LogP contribution >= 0.6 is 0 Å². The van der Waals surface area contributed by atoms with Crippen molar-refractivity contribution >= 4 is 10.8 Å². The molecule has 0 unspecified atom stereocenters. The van der Waals surface area contributed by atoms with Gasteiger partial charge in [-0.15, -0.1) is 0 Å². The van der Waals surface area contributed by atoms with Crippen LogP contribution in [0.3, 0.4) is 0 Å². The smallest absolute Gasteiger partial charge is 0.419 e. The number of alkyl halides is 6. The first kappa shape index (κ1) is 23.5. The molecule has 4 aromatic carbocycles. The molecule has 0 atom stereocenters. The zero-order valence-electron chi connectivity index (χ0n) is 17.7. The molecule has 0 saturated carbocycles. The molecule has 0 spiro atoms. The zero-order chi connectivity index (χ0) is 24.9. The number of fused-ring (bicyclic) bond motifs is 1. The Balaban J connectivity index is 2.11. The average molecular weight is 476 g/mol. The maximum Gasteiger partial charge on any atom is 0.419 e. The molecule has 2 nitrogen and oxygen atoms in total. The third-order valence-electron chi connectivity index (χ3n) is 6.09. The Morgan fingerprint density at radius 3 is 1.53 bits per heavy atom. The van der Waals surface area contributed by atoms with E-state index in [2.05, 4.69) is 0 Å². The highest BCUT2D eigenvalue weighted by Crippen LogP contribution is 2.47. The number of hydrogen-bond acceptors (Lipinski definition) is 2. The Morgan fingerprint density at radius 2 is 1.03 bits per heavy atom. The monoisotopic (exact) mass is 476 g/mol. The Bertz CT molecular complexity index is 1300. The highest BCUT2D eigenvalue weighted by Gasteiger charge is 2.40. The molecule has 0 saturated heterocycles. The number of rotatable bonds is 3. The topological polar surface area (TPSA) is 40.5 Å². The van der Waals surface area contributed by atoms with Gasteiger partial charge in [-0.05, 0) is 58.7 Å². The molecule has 0 radical (unpaired) electrons. The van der Waals surface area contributed by atoms with Gasteiger partial charge in [0.15, 0.2) is 0 Å². The molecule has 0 aliphatic rings. The minimum atomic E-state index is -4.88. The maximum atomic E-state index is 13.6. The first-order valence-corrected chi connectivity index (χ1v) is 10.1. The lowest BCUT2D eigenvalue weighted by molar-refractivity contribution is -0.139. The first-order chi connectivity index (χ1) is 15.8. The molecule has 4 aromatic rings. The van der Waals surface area contributed by atoms with Crippen molar-refractivity contribution in [2.75, 3.05) is 0 Å². The number of halogens is 6. The molecule has 4 rings (SSSR count). The van der Waals surface area contributed by atoms with Crippen LogP contribution in [0.1, 0.15) is 34.7 Å². The van der Waals surface area contributed by atoms with Gasteiger partial charge in [0.25, 0.3) is 0 Å². The van der Waals surface area contributed by atoms with Crippen molar-refractivity contribution in [3.8, 4) is 11.5 Å². The summed E-state index contributed by atoms with van der Waals surface area (Å²) in [4.78, 5) is 0.